The van der Waals surface area contributed by atoms with E-state index in [-0.39, 0.29) is 10.8 Å². The summed E-state index contributed by atoms with van der Waals surface area (Å²) >= 11 is 0. The molecule has 0 fully saturated rings. The predicted octanol–water partition coefficient (Wildman–Crippen LogP) is 3.82. The molecule has 1 heterocycles. The highest BCUT2D eigenvalue weighted by Gasteiger charge is 2.25. The third kappa shape index (κ3) is 2.77. The lowest BCUT2D eigenvalue weighted by molar-refractivity contribution is 0.508. The molecule has 84 valence electrons. The van der Waals surface area contributed by atoms with Gasteiger partial charge in [0.25, 0.3) is 0 Å². The molecule has 0 aliphatic rings. The fraction of sp³-hybridized carbons (Fsp3) is 0.615. The van der Waals surface area contributed by atoms with Crippen molar-refractivity contribution in [3.63, 3.8) is 0 Å². The number of pyridine rings is 1. The number of halogens is 1. The normalized spacial score (nSPS) is 13.0. The van der Waals surface area contributed by atoms with Crippen LogP contribution in [-0.2, 0) is 10.8 Å². The van der Waals surface area contributed by atoms with Crippen LogP contribution in [-0.4, -0.2) is 4.98 Å². The van der Waals surface area contributed by atoms with Gasteiger partial charge < -0.3 is 0 Å². The number of nitrogens with zero attached hydrogens (tertiary/aromatic N) is 1. The summed E-state index contributed by atoms with van der Waals surface area (Å²) in [5.41, 5.74) is 2.12. The molecular weight excluding hydrogens is 189 g/mol. The Morgan fingerprint density at radius 1 is 0.933 bits per heavy atom. The Morgan fingerprint density at radius 2 is 1.40 bits per heavy atom. The van der Waals surface area contributed by atoms with E-state index in [2.05, 4.69) is 46.5 Å². The highest BCUT2D eigenvalue weighted by Crippen LogP contribution is 2.33. The highest BCUT2D eigenvalue weighted by atomic mass is 19.1. The number of rotatable bonds is 0. The van der Waals surface area contributed by atoms with Crippen molar-refractivity contribution >= 4 is 0 Å². The minimum atomic E-state index is -0.395. The lowest BCUT2D eigenvalue weighted by atomic mass is 9.76. The number of aromatic nitrogens is 1. The van der Waals surface area contributed by atoms with Gasteiger partial charge in [0.15, 0.2) is 0 Å². The maximum absolute atomic E-state index is 13.2. The van der Waals surface area contributed by atoms with Crippen molar-refractivity contribution < 1.29 is 4.39 Å². The predicted molar refractivity (Wildman–Crippen MR) is 61.6 cm³/mol. The van der Waals surface area contributed by atoms with Gasteiger partial charge in [-0.1, -0.05) is 41.5 Å². The molecule has 0 unspecified atom stereocenters. The van der Waals surface area contributed by atoms with E-state index in [1.807, 2.05) is 0 Å². The summed E-state index contributed by atoms with van der Waals surface area (Å²) in [6, 6.07) is 1.56. The molecule has 15 heavy (non-hydrogen) atoms. The van der Waals surface area contributed by atoms with Crippen LogP contribution in [0.4, 0.5) is 4.39 Å². The summed E-state index contributed by atoms with van der Waals surface area (Å²) in [5.74, 6) is -0.395. The summed E-state index contributed by atoms with van der Waals surface area (Å²) < 4.78 is 13.2. The van der Waals surface area contributed by atoms with Gasteiger partial charge in [0.05, 0.1) is 0 Å². The third-order valence-electron chi connectivity index (χ3n) is 2.49. The van der Waals surface area contributed by atoms with Crippen LogP contribution >= 0.6 is 0 Å². The SMILES string of the molecule is CC(C)(C)c1cnc(F)cc1C(C)(C)C. The second-order valence-corrected chi connectivity index (χ2v) is 6.05. The molecule has 0 aromatic carbocycles. The van der Waals surface area contributed by atoms with E-state index in [1.54, 1.807) is 12.3 Å². The van der Waals surface area contributed by atoms with Gasteiger partial charge in [-0.3, -0.25) is 0 Å². The average Bonchev–Trinajstić information content (AvgIpc) is 2.00. The van der Waals surface area contributed by atoms with Gasteiger partial charge in [0.1, 0.15) is 0 Å². The fourth-order valence-electron chi connectivity index (χ4n) is 1.65. The van der Waals surface area contributed by atoms with E-state index in [1.165, 1.54) is 0 Å². The van der Waals surface area contributed by atoms with Gasteiger partial charge in [-0.15, -0.1) is 0 Å². The molecule has 2 heteroatoms. The largest absolute Gasteiger partial charge is 0.228 e. The molecule has 0 atom stereocenters. The molecule has 0 N–H and O–H groups in total. The molecule has 1 aromatic rings. The minimum absolute atomic E-state index is 0.00329. The Hall–Kier alpha value is -0.920. The fourth-order valence-corrected chi connectivity index (χ4v) is 1.65. The van der Waals surface area contributed by atoms with Crippen molar-refractivity contribution in [2.24, 2.45) is 0 Å². The molecule has 0 spiro atoms. The number of hydrogen-bond acceptors (Lipinski definition) is 1. The van der Waals surface area contributed by atoms with Gasteiger partial charge in [-0.25, -0.2) is 4.98 Å². The van der Waals surface area contributed by atoms with Crippen LogP contribution in [0.25, 0.3) is 0 Å². The van der Waals surface area contributed by atoms with E-state index in [0.29, 0.717) is 0 Å². The molecular formula is C13H20FN. The minimum Gasteiger partial charge on any atom is -0.228 e. The molecule has 0 saturated carbocycles. The van der Waals surface area contributed by atoms with Crippen LogP contribution in [0.1, 0.15) is 52.7 Å². The third-order valence-corrected chi connectivity index (χ3v) is 2.49. The lowest BCUT2D eigenvalue weighted by Crippen LogP contribution is -2.22. The van der Waals surface area contributed by atoms with Crippen molar-refractivity contribution in [2.45, 2.75) is 52.4 Å². The Labute approximate surface area is 91.7 Å². The van der Waals surface area contributed by atoms with Crippen molar-refractivity contribution in [1.82, 2.24) is 4.98 Å². The second kappa shape index (κ2) is 3.58. The van der Waals surface area contributed by atoms with Gasteiger partial charge in [-0.05, 0) is 28.0 Å². The van der Waals surface area contributed by atoms with Gasteiger partial charge >= 0.3 is 0 Å². The van der Waals surface area contributed by atoms with E-state index >= 15 is 0 Å². The van der Waals surface area contributed by atoms with Crippen LogP contribution in [0.15, 0.2) is 12.3 Å². The molecule has 1 nitrogen and oxygen atoms in total. The van der Waals surface area contributed by atoms with Crippen LogP contribution in [0.5, 0.6) is 0 Å². The second-order valence-electron chi connectivity index (χ2n) is 6.05. The maximum atomic E-state index is 13.2. The van der Waals surface area contributed by atoms with Crippen LogP contribution in [0.3, 0.4) is 0 Å². The molecule has 0 bridgehead atoms. The summed E-state index contributed by atoms with van der Waals surface area (Å²) in [7, 11) is 0. The monoisotopic (exact) mass is 209 g/mol. The lowest BCUT2D eigenvalue weighted by Gasteiger charge is -2.29. The van der Waals surface area contributed by atoms with Gasteiger partial charge in [-0.2, -0.15) is 4.39 Å². The molecule has 0 saturated heterocycles. The van der Waals surface area contributed by atoms with Gasteiger partial charge in [0, 0.05) is 6.20 Å². The Balaban J connectivity index is 3.41. The molecule has 1 aromatic heterocycles. The van der Waals surface area contributed by atoms with Gasteiger partial charge in [0.2, 0.25) is 5.95 Å². The molecule has 0 amide bonds. The zero-order valence-electron chi connectivity index (χ0n) is 10.5. The Bertz CT molecular complexity index is 356. The van der Waals surface area contributed by atoms with E-state index in [0.717, 1.165) is 11.1 Å². The topological polar surface area (TPSA) is 12.9 Å². The summed E-state index contributed by atoms with van der Waals surface area (Å²) in [5, 5.41) is 0. The summed E-state index contributed by atoms with van der Waals surface area (Å²) in [6.45, 7) is 12.6. The number of hydrogen-bond donors (Lipinski definition) is 0. The summed E-state index contributed by atoms with van der Waals surface area (Å²) in [4.78, 5) is 3.75. The molecule has 0 radical (unpaired) electrons. The zero-order valence-corrected chi connectivity index (χ0v) is 10.5. The molecule has 1 rings (SSSR count). The van der Waals surface area contributed by atoms with Crippen molar-refractivity contribution in [3.8, 4) is 0 Å². The van der Waals surface area contributed by atoms with Crippen molar-refractivity contribution in [2.75, 3.05) is 0 Å². The first kappa shape index (κ1) is 12.2. The highest BCUT2D eigenvalue weighted by molar-refractivity contribution is 5.35. The quantitative estimate of drug-likeness (QED) is 0.592. The van der Waals surface area contributed by atoms with E-state index in [9.17, 15) is 4.39 Å². The van der Waals surface area contributed by atoms with Crippen LogP contribution in [0.2, 0.25) is 0 Å². The van der Waals surface area contributed by atoms with Crippen LogP contribution < -0.4 is 0 Å². The Kier molecular flexibility index (Phi) is 2.90. The van der Waals surface area contributed by atoms with Crippen molar-refractivity contribution in [3.05, 3.63) is 29.3 Å². The first-order valence-corrected chi connectivity index (χ1v) is 5.29. The summed E-state index contributed by atoms with van der Waals surface area (Å²) in [6.07, 6.45) is 1.66. The van der Waals surface area contributed by atoms with E-state index < -0.39 is 5.95 Å². The standard InChI is InChI=1S/C13H20FN/c1-12(2,3)9-7-11(14)15-8-10(9)13(4,5)6/h7-8H,1-6H3. The van der Waals surface area contributed by atoms with Crippen molar-refractivity contribution in [1.29, 1.82) is 0 Å². The molecule has 0 aliphatic carbocycles. The zero-order chi connectivity index (χ0) is 11.9. The first-order chi connectivity index (χ1) is 6.62. The smallest absolute Gasteiger partial charge is 0.213 e. The van der Waals surface area contributed by atoms with Crippen LogP contribution in [0, 0.1) is 5.95 Å². The Morgan fingerprint density at radius 3 is 1.80 bits per heavy atom. The average molecular weight is 209 g/mol. The first-order valence-electron chi connectivity index (χ1n) is 5.29. The van der Waals surface area contributed by atoms with E-state index in [4.69, 9.17) is 0 Å². The molecule has 0 aliphatic heterocycles. The maximum Gasteiger partial charge on any atom is 0.213 e.